The lowest BCUT2D eigenvalue weighted by Crippen LogP contribution is -2.41. The van der Waals surface area contributed by atoms with Crippen LogP contribution in [0.3, 0.4) is 0 Å². The van der Waals surface area contributed by atoms with Gasteiger partial charge in [0, 0.05) is 18.8 Å². The Kier molecular flexibility index (Phi) is 5.02. The second-order valence-electron chi connectivity index (χ2n) is 4.75. The van der Waals surface area contributed by atoms with E-state index in [0.717, 1.165) is 0 Å². The molecule has 0 spiro atoms. The highest BCUT2D eigenvalue weighted by Crippen LogP contribution is 2.30. The number of carbonyl (C=O) groups is 2. The number of aliphatic hydroxyl groups excluding tert-OH is 2. The van der Waals surface area contributed by atoms with Crippen molar-refractivity contribution in [3.05, 3.63) is 18.2 Å². The first-order valence-electron chi connectivity index (χ1n) is 6.59. The number of amides is 2. The van der Waals surface area contributed by atoms with Crippen molar-refractivity contribution in [3.8, 4) is 5.75 Å². The van der Waals surface area contributed by atoms with Crippen molar-refractivity contribution in [1.29, 1.82) is 0 Å². The van der Waals surface area contributed by atoms with E-state index in [1.165, 1.54) is 0 Å². The number of aliphatic hydroxyl groups is 2. The van der Waals surface area contributed by atoms with Gasteiger partial charge >= 0.3 is 6.09 Å². The monoisotopic (exact) mass is 311 g/mol. The highest BCUT2D eigenvalue weighted by atomic mass is 16.5. The molecule has 22 heavy (non-hydrogen) atoms. The van der Waals surface area contributed by atoms with Crippen molar-refractivity contribution in [3.63, 3.8) is 0 Å². The van der Waals surface area contributed by atoms with Crippen molar-refractivity contribution >= 4 is 23.4 Å². The van der Waals surface area contributed by atoms with Gasteiger partial charge in [-0.2, -0.15) is 0 Å². The number of carbonyl (C=O) groups excluding carboxylic acids is 1. The highest BCUT2D eigenvalue weighted by Gasteiger charge is 2.18. The Morgan fingerprint density at radius 2 is 2.05 bits per heavy atom. The van der Waals surface area contributed by atoms with Crippen molar-refractivity contribution in [2.45, 2.75) is 12.2 Å². The Balaban J connectivity index is 1.87. The Morgan fingerprint density at radius 1 is 1.32 bits per heavy atom. The molecule has 0 fully saturated rings. The number of anilines is 2. The predicted octanol–water partition coefficient (Wildman–Crippen LogP) is -0.581. The van der Waals surface area contributed by atoms with Crippen LogP contribution in [0.4, 0.5) is 16.2 Å². The topological polar surface area (TPSA) is 140 Å². The van der Waals surface area contributed by atoms with Crippen LogP contribution in [0.5, 0.6) is 5.75 Å². The molecular weight excluding hydrogens is 294 g/mol. The summed E-state index contributed by atoms with van der Waals surface area (Å²) in [4.78, 5) is 21.5. The zero-order valence-electron chi connectivity index (χ0n) is 11.6. The van der Waals surface area contributed by atoms with E-state index in [1.807, 2.05) is 5.32 Å². The van der Waals surface area contributed by atoms with Crippen LogP contribution in [-0.4, -0.2) is 59.2 Å². The first-order chi connectivity index (χ1) is 10.5. The zero-order valence-corrected chi connectivity index (χ0v) is 11.6. The van der Waals surface area contributed by atoms with Gasteiger partial charge in [-0.05, 0) is 18.2 Å². The van der Waals surface area contributed by atoms with Crippen LogP contribution >= 0.6 is 0 Å². The normalized spacial score (nSPS) is 15.8. The average molecular weight is 311 g/mol. The molecule has 6 N–H and O–H groups in total. The molecule has 1 aliphatic rings. The van der Waals surface area contributed by atoms with E-state index in [0.29, 0.717) is 17.1 Å². The van der Waals surface area contributed by atoms with Crippen LogP contribution in [0.25, 0.3) is 0 Å². The molecule has 9 nitrogen and oxygen atoms in total. The van der Waals surface area contributed by atoms with Gasteiger partial charge in [-0.25, -0.2) is 4.79 Å². The van der Waals surface area contributed by atoms with Gasteiger partial charge in [-0.15, -0.1) is 0 Å². The summed E-state index contributed by atoms with van der Waals surface area (Å²) in [6.07, 6.45) is -3.66. The van der Waals surface area contributed by atoms with Crippen LogP contribution in [0.1, 0.15) is 0 Å². The van der Waals surface area contributed by atoms with E-state index < -0.39 is 18.3 Å². The summed E-state index contributed by atoms with van der Waals surface area (Å²) in [5.74, 6) is 0.302. The second-order valence-corrected chi connectivity index (χ2v) is 4.75. The van der Waals surface area contributed by atoms with Crippen molar-refractivity contribution in [2.24, 2.45) is 0 Å². The number of carboxylic acid groups (broad SMARTS) is 1. The van der Waals surface area contributed by atoms with E-state index >= 15 is 0 Å². The van der Waals surface area contributed by atoms with Crippen LogP contribution in [-0.2, 0) is 4.79 Å². The number of rotatable bonds is 6. The van der Waals surface area contributed by atoms with Crippen LogP contribution in [0, 0.1) is 0 Å². The van der Waals surface area contributed by atoms with E-state index in [1.54, 1.807) is 18.2 Å². The Morgan fingerprint density at radius 3 is 2.77 bits per heavy atom. The Bertz CT molecular complexity index is 565. The third kappa shape index (κ3) is 4.24. The molecule has 9 heteroatoms. The number of benzene rings is 1. The minimum absolute atomic E-state index is 0.00998. The minimum Gasteiger partial charge on any atom is -0.482 e. The molecule has 120 valence electrons. The van der Waals surface area contributed by atoms with Crippen LogP contribution < -0.4 is 20.7 Å². The SMILES string of the molecule is O=C(O)NC[C@@H](O)[C@H](O)CNc1ccc2c(c1)NC(=O)CO2. The lowest BCUT2D eigenvalue weighted by molar-refractivity contribution is -0.118. The number of ether oxygens (including phenoxy) is 1. The first kappa shape index (κ1) is 15.9. The fourth-order valence-corrected chi connectivity index (χ4v) is 1.88. The van der Waals surface area contributed by atoms with Gasteiger partial charge in [-0.3, -0.25) is 4.79 Å². The average Bonchev–Trinajstić information content (AvgIpc) is 2.49. The molecule has 2 amide bonds. The maximum absolute atomic E-state index is 11.2. The fourth-order valence-electron chi connectivity index (χ4n) is 1.88. The predicted molar refractivity (Wildman–Crippen MR) is 77.1 cm³/mol. The lowest BCUT2D eigenvalue weighted by atomic mass is 10.2. The molecular formula is C13H17N3O6. The van der Waals surface area contributed by atoms with Crippen LogP contribution in [0.2, 0.25) is 0 Å². The van der Waals surface area contributed by atoms with Crippen molar-refractivity contribution < 1.29 is 29.6 Å². The molecule has 0 saturated heterocycles. The van der Waals surface area contributed by atoms with Crippen molar-refractivity contribution in [2.75, 3.05) is 30.3 Å². The lowest BCUT2D eigenvalue weighted by Gasteiger charge is -2.21. The summed E-state index contributed by atoms with van der Waals surface area (Å²) in [6.45, 7) is -0.288. The molecule has 2 atom stereocenters. The first-order valence-corrected chi connectivity index (χ1v) is 6.59. The molecule has 1 aliphatic heterocycles. The number of nitrogens with one attached hydrogen (secondary N) is 3. The number of fused-ring (bicyclic) bond motifs is 1. The van der Waals surface area contributed by atoms with Gasteiger partial charge in [0.1, 0.15) is 5.75 Å². The molecule has 2 rings (SSSR count). The summed E-state index contributed by atoms with van der Waals surface area (Å²) >= 11 is 0. The van der Waals surface area contributed by atoms with Gasteiger partial charge in [0.2, 0.25) is 0 Å². The molecule has 0 aromatic heterocycles. The molecule has 1 aromatic rings. The van der Waals surface area contributed by atoms with Gasteiger partial charge in [0.15, 0.2) is 6.61 Å². The van der Waals surface area contributed by atoms with E-state index in [9.17, 15) is 19.8 Å². The fraction of sp³-hybridized carbons (Fsp3) is 0.385. The highest BCUT2D eigenvalue weighted by molar-refractivity contribution is 5.96. The molecule has 0 saturated carbocycles. The summed E-state index contributed by atoms with van der Waals surface area (Å²) in [7, 11) is 0. The molecule has 0 bridgehead atoms. The molecule has 0 aliphatic carbocycles. The van der Waals surface area contributed by atoms with E-state index in [2.05, 4.69) is 10.6 Å². The van der Waals surface area contributed by atoms with Crippen LogP contribution in [0.15, 0.2) is 18.2 Å². The molecule has 0 unspecified atom stereocenters. The second kappa shape index (κ2) is 6.96. The molecule has 1 aromatic carbocycles. The summed E-state index contributed by atoms with van der Waals surface area (Å²) < 4.78 is 5.22. The van der Waals surface area contributed by atoms with E-state index in [4.69, 9.17) is 9.84 Å². The summed E-state index contributed by atoms with van der Waals surface area (Å²) in [5.41, 5.74) is 1.13. The third-order valence-corrected chi connectivity index (χ3v) is 3.03. The Hall–Kier alpha value is -2.52. The summed E-state index contributed by atoms with van der Waals surface area (Å²) in [5, 5.41) is 35.3. The molecule has 0 radical (unpaired) electrons. The van der Waals surface area contributed by atoms with E-state index in [-0.39, 0.29) is 25.6 Å². The smallest absolute Gasteiger partial charge is 0.404 e. The third-order valence-electron chi connectivity index (χ3n) is 3.03. The number of hydrogen-bond donors (Lipinski definition) is 6. The quantitative estimate of drug-likeness (QED) is 0.413. The standard InChI is InChI=1S/C13H17N3O6/c17-9(10(18)5-15-13(20)21)4-14-7-1-2-11-8(3-7)16-12(19)6-22-11/h1-3,9-10,14-15,17-18H,4-6H2,(H,16,19)(H,20,21)/t9-,10-/m1/s1. The van der Waals surface area contributed by atoms with Gasteiger partial charge in [0.25, 0.3) is 5.91 Å². The maximum Gasteiger partial charge on any atom is 0.404 e. The number of hydrogen-bond acceptors (Lipinski definition) is 6. The minimum atomic E-state index is -1.27. The maximum atomic E-state index is 11.2. The van der Waals surface area contributed by atoms with Gasteiger partial charge in [-0.1, -0.05) is 0 Å². The largest absolute Gasteiger partial charge is 0.482 e. The van der Waals surface area contributed by atoms with Crippen molar-refractivity contribution in [1.82, 2.24) is 5.32 Å². The summed E-state index contributed by atoms with van der Waals surface area (Å²) in [6, 6.07) is 5.01. The Labute approximate surface area is 125 Å². The zero-order chi connectivity index (χ0) is 16.1. The molecule has 1 heterocycles. The van der Waals surface area contributed by atoms with Gasteiger partial charge in [0.05, 0.1) is 17.9 Å². The van der Waals surface area contributed by atoms with Gasteiger partial charge < -0.3 is 36.0 Å².